The molecule has 6 nitrogen and oxygen atoms in total. The second-order valence-corrected chi connectivity index (χ2v) is 7.01. The molecule has 0 saturated carbocycles. The van der Waals surface area contributed by atoms with Crippen LogP contribution in [0.2, 0.25) is 5.02 Å². The van der Waals surface area contributed by atoms with Gasteiger partial charge in [0, 0.05) is 25.8 Å². The molecule has 0 aromatic carbocycles. The van der Waals surface area contributed by atoms with Gasteiger partial charge in [-0.15, -0.1) is 0 Å². The Hall–Kier alpha value is -2.03. The number of carbonyl (C=O) groups excluding carboxylic acids is 2. The van der Waals surface area contributed by atoms with Crippen molar-refractivity contribution >= 4 is 29.3 Å². The van der Waals surface area contributed by atoms with Gasteiger partial charge >= 0.3 is 12.1 Å². The Labute approximate surface area is 166 Å². The highest BCUT2D eigenvalue weighted by Crippen LogP contribution is 2.34. The van der Waals surface area contributed by atoms with Gasteiger partial charge in [-0.1, -0.05) is 24.9 Å². The molecule has 1 aromatic rings. The second kappa shape index (κ2) is 9.95. The Morgan fingerprint density at radius 3 is 2.61 bits per heavy atom. The number of pyridine rings is 1. The summed E-state index contributed by atoms with van der Waals surface area (Å²) in [7, 11) is 0. The SMILES string of the molecule is CCCCNC(=O)COC(=O)C1CCN(c2ncc(C(F)(F)F)cc2Cl)CC1. The summed E-state index contributed by atoms with van der Waals surface area (Å²) in [5, 5.41) is 2.58. The number of anilines is 1. The molecule has 1 aliphatic heterocycles. The van der Waals surface area contributed by atoms with E-state index in [2.05, 4.69) is 10.3 Å². The van der Waals surface area contributed by atoms with Crippen molar-refractivity contribution in [1.29, 1.82) is 0 Å². The smallest absolute Gasteiger partial charge is 0.417 e. The van der Waals surface area contributed by atoms with Gasteiger partial charge in [-0.2, -0.15) is 13.2 Å². The van der Waals surface area contributed by atoms with Crippen LogP contribution in [0.5, 0.6) is 0 Å². The highest BCUT2D eigenvalue weighted by molar-refractivity contribution is 6.33. The molecule has 1 amide bonds. The van der Waals surface area contributed by atoms with Crippen molar-refractivity contribution in [3.8, 4) is 0 Å². The van der Waals surface area contributed by atoms with E-state index in [0.29, 0.717) is 32.5 Å². The van der Waals surface area contributed by atoms with E-state index < -0.39 is 17.7 Å². The monoisotopic (exact) mass is 421 g/mol. The number of halogens is 4. The van der Waals surface area contributed by atoms with E-state index >= 15 is 0 Å². The third-order valence-electron chi connectivity index (χ3n) is 4.47. The van der Waals surface area contributed by atoms with Crippen LogP contribution < -0.4 is 10.2 Å². The number of alkyl halides is 3. The van der Waals surface area contributed by atoms with Gasteiger partial charge in [0.25, 0.3) is 5.91 Å². The van der Waals surface area contributed by atoms with Crippen molar-refractivity contribution in [2.24, 2.45) is 5.92 Å². The molecule has 0 atom stereocenters. The highest BCUT2D eigenvalue weighted by atomic mass is 35.5. The van der Waals surface area contributed by atoms with E-state index in [1.165, 1.54) is 0 Å². The number of amides is 1. The number of ether oxygens (including phenoxy) is 1. The van der Waals surface area contributed by atoms with Gasteiger partial charge in [0.1, 0.15) is 5.82 Å². The number of hydrogen-bond donors (Lipinski definition) is 1. The molecule has 0 spiro atoms. The van der Waals surface area contributed by atoms with Crippen LogP contribution in [-0.4, -0.2) is 43.1 Å². The molecular weight excluding hydrogens is 399 g/mol. The minimum Gasteiger partial charge on any atom is -0.455 e. The standard InChI is InChI=1S/C18H23ClF3N3O3/c1-2-3-6-23-15(26)11-28-17(27)12-4-7-25(8-5-12)16-14(19)9-13(10-24-16)18(20,21)22/h9-10,12H,2-8,11H2,1H3,(H,23,26). The van der Waals surface area contributed by atoms with E-state index in [0.717, 1.165) is 25.1 Å². The van der Waals surface area contributed by atoms with Crippen LogP contribution in [0.25, 0.3) is 0 Å². The number of hydrogen-bond acceptors (Lipinski definition) is 5. The lowest BCUT2D eigenvalue weighted by Gasteiger charge is -2.32. The maximum absolute atomic E-state index is 12.7. The first kappa shape index (κ1) is 22.3. The van der Waals surface area contributed by atoms with Crippen LogP contribution >= 0.6 is 11.6 Å². The number of unbranched alkanes of at least 4 members (excludes halogenated alkanes) is 1. The topological polar surface area (TPSA) is 71.5 Å². The molecule has 0 aliphatic carbocycles. The molecule has 0 unspecified atom stereocenters. The first-order chi connectivity index (χ1) is 13.2. The Kier molecular flexibility index (Phi) is 7.91. The minimum atomic E-state index is -4.51. The van der Waals surface area contributed by atoms with Crippen LogP contribution in [0.15, 0.2) is 12.3 Å². The molecule has 10 heteroatoms. The Balaban J connectivity index is 1.82. The van der Waals surface area contributed by atoms with Gasteiger partial charge in [-0.3, -0.25) is 9.59 Å². The maximum Gasteiger partial charge on any atom is 0.417 e. The maximum atomic E-state index is 12.7. The summed E-state index contributed by atoms with van der Waals surface area (Å²) in [6, 6.07) is 0.849. The number of rotatable bonds is 7. The molecule has 1 N–H and O–H groups in total. The lowest BCUT2D eigenvalue weighted by atomic mass is 9.97. The lowest BCUT2D eigenvalue weighted by Crippen LogP contribution is -2.38. The quantitative estimate of drug-likeness (QED) is 0.539. The lowest BCUT2D eigenvalue weighted by molar-refractivity contribution is -0.153. The molecule has 1 aromatic heterocycles. The van der Waals surface area contributed by atoms with Crippen molar-refractivity contribution in [3.63, 3.8) is 0 Å². The summed E-state index contributed by atoms with van der Waals surface area (Å²) in [5.74, 6) is -0.888. The van der Waals surface area contributed by atoms with Crippen LogP contribution in [0.3, 0.4) is 0 Å². The van der Waals surface area contributed by atoms with E-state index in [9.17, 15) is 22.8 Å². The average Bonchev–Trinajstić information content (AvgIpc) is 2.65. The summed E-state index contributed by atoms with van der Waals surface area (Å²) in [6.07, 6.45) is -1.06. The Morgan fingerprint density at radius 1 is 1.36 bits per heavy atom. The first-order valence-electron chi connectivity index (χ1n) is 9.13. The third kappa shape index (κ3) is 6.25. The minimum absolute atomic E-state index is 0.0837. The van der Waals surface area contributed by atoms with Gasteiger partial charge in [0.2, 0.25) is 0 Å². The molecule has 2 rings (SSSR count). The van der Waals surface area contributed by atoms with E-state index in [1.54, 1.807) is 4.90 Å². The van der Waals surface area contributed by atoms with Crippen molar-refractivity contribution in [3.05, 3.63) is 22.8 Å². The Morgan fingerprint density at radius 2 is 2.04 bits per heavy atom. The third-order valence-corrected chi connectivity index (χ3v) is 4.75. The number of aromatic nitrogens is 1. The van der Waals surface area contributed by atoms with Crippen molar-refractivity contribution < 1.29 is 27.5 Å². The summed E-state index contributed by atoms with van der Waals surface area (Å²) < 4.78 is 43.2. The zero-order valence-electron chi connectivity index (χ0n) is 15.5. The number of carbonyl (C=O) groups is 2. The fourth-order valence-corrected chi connectivity index (χ4v) is 3.14. The molecular formula is C18H23ClF3N3O3. The van der Waals surface area contributed by atoms with Crippen molar-refractivity contribution in [2.45, 2.75) is 38.8 Å². The van der Waals surface area contributed by atoms with Gasteiger partial charge in [0.15, 0.2) is 6.61 Å². The molecule has 28 heavy (non-hydrogen) atoms. The number of piperidine rings is 1. The normalized spacial score (nSPS) is 15.4. The average molecular weight is 422 g/mol. The van der Waals surface area contributed by atoms with Gasteiger partial charge in [0.05, 0.1) is 16.5 Å². The largest absolute Gasteiger partial charge is 0.455 e. The molecule has 0 radical (unpaired) electrons. The van der Waals surface area contributed by atoms with Crippen LogP contribution in [0.4, 0.5) is 19.0 Å². The van der Waals surface area contributed by atoms with Gasteiger partial charge in [-0.05, 0) is 25.3 Å². The number of nitrogens with zero attached hydrogens (tertiary/aromatic N) is 2. The van der Waals surface area contributed by atoms with Crippen LogP contribution in [0.1, 0.15) is 38.2 Å². The van der Waals surface area contributed by atoms with Gasteiger partial charge in [-0.25, -0.2) is 4.98 Å². The fraction of sp³-hybridized carbons (Fsp3) is 0.611. The number of nitrogens with one attached hydrogen (secondary N) is 1. The zero-order chi connectivity index (χ0) is 20.7. The second-order valence-electron chi connectivity index (χ2n) is 6.60. The van der Waals surface area contributed by atoms with Crippen LogP contribution in [-0.2, 0) is 20.5 Å². The zero-order valence-corrected chi connectivity index (χ0v) is 16.3. The van der Waals surface area contributed by atoms with Gasteiger partial charge < -0.3 is 15.0 Å². The Bertz CT molecular complexity index is 692. The predicted octanol–water partition coefficient (Wildman–Crippen LogP) is 3.43. The molecule has 0 bridgehead atoms. The van der Waals surface area contributed by atoms with E-state index in [4.69, 9.17) is 16.3 Å². The van der Waals surface area contributed by atoms with E-state index in [1.807, 2.05) is 6.92 Å². The van der Waals surface area contributed by atoms with Crippen molar-refractivity contribution in [2.75, 3.05) is 31.1 Å². The molecule has 1 aliphatic rings. The fourth-order valence-electron chi connectivity index (χ4n) is 2.86. The molecule has 2 heterocycles. The summed E-state index contributed by atoms with van der Waals surface area (Å²) in [4.78, 5) is 29.3. The summed E-state index contributed by atoms with van der Waals surface area (Å²) in [5.41, 5.74) is -0.906. The summed E-state index contributed by atoms with van der Waals surface area (Å²) in [6.45, 7) is 3.05. The van der Waals surface area contributed by atoms with E-state index in [-0.39, 0.29) is 29.3 Å². The number of esters is 1. The predicted molar refractivity (Wildman–Crippen MR) is 98.1 cm³/mol. The first-order valence-corrected chi connectivity index (χ1v) is 9.51. The van der Waals surface area contributed by atoms with Crippen LogP contribution in [0, 0.1) is 5.92 Å². The molecule has 156 valence electrons. The molecule has 1 saturated heterocycles. The highest BCUT2D eigenvalue weighted by Gasteiger charge is 2.33. The van der Waals surface area contributed by atoms with Crippen molar-refractivity contribution in [1.82, 2.24) is 10.3 Å². The summed E-state index contributed by atoms with van der Waals surface area (Å²) >= 11 is 5.96. The molecule has 1 fully saturated rings.